The first-order chi connectivity index (χ1) is 9.42. The minimum absolute atomic E-state index is 0.0104. The fourth-order valence-electron chi connectivity index (χ4n) is 2.53. The number of rotatable bonds is 4. The van der Waals surface area contributed by atoms with Crippen LogP contribution in [0.1, 0.15) is 25.7 Å². The van der Waals surface area contributed by atoms with Gasteiger partial charge in [0.15, 0.2) is 0 Å². The van der Waals surface area contributed by atoms with E-state index in [0.29, 0.717) is 0 Å². The molecule has 2 atom stereocenters. The van der Waals surface area contributed by atoms with Crippen molar-refractivity contribution < 1.29 is 13.5 Å². The fourth-order valence-corrected chi connectivity index (χ4v) is 4.60. The summed E-state index contributed by atoms with van der Waals surface area (Å²) in [7, 11) is -3.68. The summed E-state index contributed by atoms with van der Waals surface area (Å²) in [5.74, 6) is -0.0341. The van der Waals surface area contributed by atoms with Crippen LogP contribution in [0.3, 0.4) is 0 Å². The Bertz CT molecular complexity index is 557. The number of sulfonamides is 1. The Morgan fingerprint density at radius 3 is 2.35 bits per heavy atom. The Morgan fingerprint density at radius 2 is 1.75 bits per heavy atom. The first-order valence-corrected chi connectivity index (χ1v) is 8.75. The van der Waals surface area contributed by atoms with E-state index in [1.54, 1.807) is 0 Å². The molecule has 0 aliphatic heterocycles. The molecule has 1 aliphatic carbocycles. The molecule has 2 rings (SSSR count). The van der Waals surface area contributed by atoms with Crippen LogP contribution in [0, 0.1) is 5.92 Å². The number of hydrogen-bond donors (Lipinski definition) is 2. The second kappa shape index (κ2) is 6.62. The molecule has 0 heterocycles. The van der Waals surface area contributed by atoms with Crippen molar-refractivity contribution in [1.29, 1.82) is 0 Å². The highest BCUT2D eigenvalue weighted by atomic mass is 35.5. The molecule has 1 aromatic rings. The summed E-state index contributed by atoms with van der Waals surface area (Å²) < 4.78 is 27.4. The Morgan fingerprint density at radius 1 is 1.15 bits per heavy atom. The van der Waals surface area contributed by atoms with Gasteiger partial charge in [-0.15, -0.1) is 0 Å². The van der Waals surface area contributed by atoms with Gasteiger partial charge in [-0.2, -0.15) is 0 Å². The number of aliphatic hydroxyl groups excluding tert-OH is 1. The maximum absolute atomic E-state index is 12.4. The highest BCUT2D eigenvalue weighted by Crippen LogP contribution is 2.27. The largest absolute Gasteiger partial charge is 0.396 e. The third-order valence-corrected chi connectivity index (χ3v) is 5.50. The Labute approximate surface area is 129 Å². The fraction of sp³-hybridized carbons (Fsp3) is 0.538. The van der Waals surface area contributed by atoms with Crippen molar-refractivity contribution in [3.05, 3.63) is 28.2 Å². The summed E-state index contributed by atoms with van der Waals surface area (Å²) in [6, 6.07) is 3.98. The molecule has 0 saturated heterocycles. The van der Waals surface area contributed by atoms with E-state index >= 15 is 0 Å². The van der Waals surface area contributed by atoms with Crippen molar-refractivity contribution in [3.63, 3.8) is 0 Å². The molecule has 4 nitrogen and oxygen atoms in total. The van der Waals surface area contributed by atoms with Gasteiger partial charge in [0.25, 0.3) is 0 Å². The highest BCUT2D eigenvalue weighted by Gasteiger charge is 2.29. The Balaban J connectivity index is 2.21. The number of hydrogen-bond acceptors (Lipinski definition) is 3. The van der Waals surface area contributed by atoms with Crippen LogP contribution in [-0.4, -0.2) is 26.2 Å². The number of aliphatic hydroxyl groups is 1. The predicted molar refractivity (Wildman–Crippen MR) is 79.6 cm³/mol. The van der Waals surface area contributed by atoms with Crippen LogP contribution in [0.4, 0.5) is 0 Å². The smallest absolute Gasteiger partial charge is 0.240 e. The average Bonchev–Trinajstić information content (AvgIpc) is 2.38. The van der Waals surface area contributed by atoms with E-state index in [9.17, 15) is 13.5 Å². The molecule has 2 unspecified atom stereocenters. The zero-order chi connectivity index (χ0) is 14.8. The molecule has 112 valence electrons. The summed E-state index contributed by atoms with van der Waals surface area (Å²) >= 11 is 11.7. The molecule has 0 amide bonds. The van der Waals surface area contributed by atoms with E-state index in [1.807, 2.05) is 0 Å². The molecule has 2 N–H and O–H groups in total. The molecule has 0 bridgehead atoms. The monoisotopic (exact) mass is 337 g/mol. The van der Waals surface area contributed by atoms with Gasteiger partial charge >= 0.3 is 0 Å². The Kier molecular flexibility index (Phi) is 5.31. The van der Waals surface area contributed by atoms with Crippen LogP contribution in [0.15, 0.2) is 23.1 Å². The maximum Gasteiger partial charge on any atom is 0.240 e. The van der Waals surface area contributed by atoms with Gasteiger partial charge in [-0.05, 0) is 37.0 Å². The number of benzene rings is 1. The molecule has 0 spiro atoms. The van der Waals surface area contributed by atoms with E-state index in [0.717, 1.165) is 25.7 Å². The van der Waals surface area contributed by atoms with Gasteiger partial charge < -0.3 is 5.11 Å². The maximum atomic E-state index is 12.4. The van der Waals surface area contributed by atoms with Gasteiger partial charge in [-0.3, -0.25) is 0 Å². The van der Waals surface area contributed by atoms with Gasteiger partial charge in [-0.1, -0.05) is 36.0 Å². The van der Waals surface area contributed by atoms with Gasteiger partial charge in [0.2, 0.25) is 10.0 Å². The second-order valence-electron chi connectivity index (χ2n) is 5.06. The lowest BCUT2D eigenvalue weighted by Gasteiger charge is -2.30. The first-order valence-electron chi connectivity index (χ1n) is 6.51. The summed E-state index contributed by atoms with van der Waals surface area (Å²) in [5, 5.41) is 9.90. The molecule has 1 saturated carbocycles. The SMILES string of the molecule is O=S(=O)(NC1CCCCC1CO)c1cc(Cl)cc(Cl)c1. The molecule has 0 aromatic heterocycles. The minimum atomic E-state index is -3.68. The van der Waals surface area contributed by atoms with Crippen molar-refractivity contribution >= 4 is 33.2 Å². The van der Waals surface area contributed by atoms with E-state index in [4.69, 9.17) is 23.2 Å². The molecule has 7 heteroatoms. The van der Waals surface area contributed by atoms with Gasteiger partial charge in [0.05, 0.1) is 4.90 Å². The molecule has 0 radical (unpaired) electrons. The normalized spacial score (nSPS) is 23.8. The summed E-state index contributed by atoms with van der Waals surface area (Å²) in [6.07, 6.45) is 3.55. The van der Waals surface area contributed by atoms with Gasteiger partial charge in [0.1, 0.15) is 0 Å². The quantitative estimate of drug-likeness (QED) is 0.887. The van der Waals surface area contributed by atoms with Crippen molar-refractivity contribution in [1.82, 2.24) is 4.72 Å². The minimum Gasteiger partial charge on any atom is -0.396 e. The van der Waals surface area contributed by atoms with Crippen LogP contribution in [-0.2, 0) is 10.0 Å². The van der Waals surface area contributed by atoms with Crippen LogP contribution < -0.4 is 4.72 Å². The summed E-state index contributed by atoms with van der Waals surface area (Å²) in [6.45, 7) is -0.0104. The third kappa shape index (κ3) is 3.86. The summed E-state index contributed by atoms with van der Waals surface area (Å²) in [5.41, 5.74) is 0. The van der Waals surface area contributed by atoms with E-state index < -0.39 is 10.0 Å². The van der Waals surface area contributed by atoms with Crippen molar-refractivity contribution in [3.8, 4) is 0 Å². The topological polar surface area (TPSA) is 66.4 Å². The van der Waals surface area contributed by atoms with Crippen LogP contribution in [0.25, 0.3) is 0 Å². The van der Waals surface area contributed by atoms with E-state index in [1.165, 1.54) is 18.2 Å². The van der Waals surface area contributed by atoms with Crippen molar-refractivity contribution in [2.45, 2.75) is 36.6 Å². The molecular formula is C13H17Cl2NO3S. The predicted octanol–water partition coefficient (Wildman–Crippen LogP) is 2.82. The lowest BCUT2D eigenvalue weighted by atomic mass is 9.86. The zero-order valence-corrected chi connectivity index (χ0v) is 13.2. The second-order valence-corrected chi connectivity index (χ2v) is 7.65. The van der Waals surface area contributed by atoms with E-state index in [2.05, 4.69) is 4.72 Å². The first kappa shape index (κ1) is 16.0. The lowest BCUT2D eigenvalue weighted by molar-refractivity contribution is 0.164. The molecular weight excluding hydrogens is 321 g/mol. The van der Waals surface area contributed by atoms with Crippen LogP contribution >= 0.6 is 23.2 Å². The van der Waals surface area contributed by atoms with Crippen molar-refractivity contribution in [2.24, 2.45) is 5.92 Å². The number of halogens is 2. The molecule has 1 fully saturated rings. The standard InChI is InChI=1S/C13H17Cl2NO3S/c14-10-5-11(15)7-12(6-10)20(18,19)16-13-4-2-1-3-9(13)8-17/h5-7,9,13,16-17H,1-4,8H2. The third-order valence-electron chi connectivity index (χ3n) is 3.60. The molecule has 20 heavy (non-hydrogen) atoms. The highest BCUT2D eigenvalue weighted by molar-refractivity contribution is 7.89. The van der Waals surface area contributed by atoms with Crippen molar-refractivity contribution in [2.75, 3.05) is 6.61 Å². The van der Waals surface area contributed by atoms with E-state index in [-0.39, 0.29) is 33.5 Å². The van der Waals surface area contributed by atoms with Crippen LogP contribution in [0.5, 0.6) is 0 Å². The number of nitrogens with one attached hydrogen (secondary N) is 1. The average molecular weight is 338 g/mol. The molecule has 1 aliphatic rings. The molecule has 1 aromatic carbocycles. The zero-order valence-electron chi connectivity index (χ0n) is 10.9. The summed E-state index contributed by atoms with van der Waals surface area (Å²) in [4.78, 5) is 0.0530. The van der Waals surface area contributed by atoms with Gasteiger partial charge in [0, 0.05) is 22.7 Å². The Hall–Kier alpha value is -0.330. The van der Waals surface area contributed by atoms with Crippen LogP contribution in [0.2, 0.25) is 10.0 Å². The lowest BCUT2D eigenvalue weighted by Crippen LogP contribution is -2.43. The van der Waals surface area contributed by atoms with Gasteiger partial charge in [-0.25, -0.2) is 13.1 Å².